The first-order valence-electron chi connectivity index (χ1n) is 6.94. The fourth-order valence-corrected chi connectivity index (χ4v) is 3.38. The smallest absolute Gasteiger partial charge is 0.0351 e. The highest BCUT2D eigenvalue weighted by Crippen LogP contribution is 2.25. The van der Waals surface area contributed by atoms with Gasteiger partial charge >= 0.3 is 0 Å². The molecule has 1 N–H and O–H groups in total. The Morgan fingerprint density at radius 1 is 1.11 bits per heavy atom. The van der Waals surface area contributed by atoms with Crippen LogP contribution in [-0.2, 0) is 0 Å². The van der Waals surface area contributed by atoms with Crippen LogP contribution in [-0.4, -0.2) is 6.54 Å². The molecule has 2 rings (SSSR count). The SMILES string of the molecule is Brc1ccc(NCC2CCCCCCC2)cc1I. The van der Waals surface area contributed by atoms with Crippen molar-refractivity contribution in [2.45, 2.75) is 44.9 Å². The van der Waals surface area contributed by atoms with E-state index in [1.165, 1.54) is 58.7 Å². The Kier molecular flexibility index (Phi) is 6.29. The number of hydrogen-bond acceptors (Lipinski definition) is 1. The molecule has 0 radical (unpaired) electrons. The molecular weight excluding hydrogens is 401 g/mol. The van der Waals surface area contributed by atoms with Crippen LogP contribution in [0.25, 0.3) is 0 Å². The second kappa shape index (κ2) is 7.73. The van der Waals surface area contributed by atoms with Gasteiger partial charge in [0, 0.05) is 20.3 Å². The van der Waals surface area contributed by atoms with E-state index in [0.29, 0.717) is 0 Å². The van der Waals surface area contributed by atoms with E-state index in [9.17, 15) is 0 Å². The minimum absolute atomic E-state index is 0.867. The molecule has 1 fully saturated rings. The summed E-state index contributed by atoms with van der Waals surface area (Å²) in [5.74, 6) is 0.867. The lowest BCUT2D eigenvalue weighted by Crippen LogP contribution is -2.15. The summed E-state index contributed by atoms with van der Waals surface area (Å²) in [5, 5.41) is 3.60. The third kappa shape index (κ3) is 4.72. The van der Waals surface area contributed by atoms with Gasteiger partial charge in [-0.05, 0) is 75.5 Å². The molecule has 1 aromatic rings. The van der Waals surface area contributed by atoms with Crippen LogP contribution in [0.2, 0.25) is 0 Å². The lowest BCUT2D eigenvalue weighted by atomic mass is 9.91. The highest BCUT2D eigenvalue weighted by Gasteiger charge is 2.11. The quantitative estimate of drug-likeness (QED) is 0.605. The topological polar surface area (TPSA) is 12.0 Å². The van der Waals surface area contributed by atoms with Crippen LogP contribution in [0.1, 0.15) is 44.9 Å². The summed E-state index contributed by atoms with van der Waals surface area (Å²) in [7, 11) is 0. The lowest BCUT2D eigenvalue weighted by molar-refractivity contribution is 0.392. The van der Waals surface area contributed by atoms with Gasteiger partial charge in [-0.25, -0.2) is 0 Å². The van der Waals surface area contributed by atoms with Gasteiger partial charge in [-0.1, -0.05) is 32.1 Å². The molecule has 0 atom stereocenters. The molecule has 1 aromatic carbocycles. The lowest BCUT2D eigenvalue weighted by Gasteiger charge is -2.20. The normalized spacial score (nSPS) is 18.1. The van der Waals surface area contributed by atoms with Crippen LogP contribution in [0.4, 0.5) is 5.69 Å². The van der Waals surface area contributed by atoms with Gasteiger partial charge in [0.25, 0.3) is 0 Å². The molecule has 100 valence electrons. The first kappa shape index (κ1) is 14.6. The Balaban J connectivity index is 1.83. The van der Waals surface area contributed by atoms with Crippen molar-refractivity contribution >= 4 is 44.2 Å². The van der Waals surface area contributed by atoms with Crippen LogP contribution in [0.5, 0.6) is 0 Å². The summed E-state index contributed by atoms with van der Waals surface area (Å²) in [6.07, 6.45) is 9.97. The molecule has 0 bridgehead atoms. The van der Waals surface area contributed by atoms with E-state index in [-0.39, 0.29) is 0 Å². The summed E-state index contributed by atoms with van der Waals surface area (Å²) in [5.41, 5.74) is 1.25. The van der Waals surface area contributed by atoms with Crippen LogP contribution in [0, 0.1) is 9.49 Å². The summed E-state index contributed by atoms with van der Waals surface area (Å²) in [6, 6.07) is 6.50. The maximum atomic E-state index is 3.60. The summed E-state index contributed by atoms with van der Waals surface area (Å²) in [4.78, 5) is 0. The number of halogens is 2. The minimum Gasteiger partial charge on any atom is -0.385 e. The van der Waals surface area contributed by atoms with E-state index in [0.717, 1.165) is 12.5 Å². The average molecular weight is 422 g/mol. The highest BCUT2D eigenvalue weighted by molar-refractivity contribution is 14.1. The largest absolute Gasteiger partial charge is 0.385 e. The number of hydrogen-bond donors (Lipinski definition) is 1. The van der Waals surface area contributed by atoms with Gasteiger partial charge in [0.2, 0.25) is 0 Å². The first-order valence-corrected chi connectivity index (χ1v) is 8.82. The van der Waals surface area contributed by atoms with E-state index in [2.05, 4.69) is 62.0 Å². The number of nitrogens with one attached hydrogen (secondary N) is 1. The van der Waals surface area contributed by atoms with E-state index in [1.54, 1.807) is 0 Å². The molecular formula is C15H21BrIN. The van der Waals surface area contributed by atoms with Crippen molar-refractivity contribution in [1.82, 2.24) is 0 Å². The van der Waals surface area contributed by atoms with E-state index in [1.807, 2.05) is 0 Å². The van der Waals surface area contributed by atoms with Gasteiger partial charge in [-0.3, -0.25) is 0 Å². The van der Waals surface area contributed by atoms with Gasteiger partial charge in [0.1, 0.15) is 0 Å². The molecule has 0 saturated heterocycles. The van der Waals surface area contributed by atoms with Gasteiger partial charge < -0.3 is 5.32 Å². The third-order valence-electron chi connectivity index (χ3n) is 3.74. The Hall–Kier alpha value is 0.230. The van der Waals surface area contributed by atoms with Crippen LogP contribution < -0.4 is 5.32 Å². The van der Waals surface area contributed by atoms with E-state index in [4.69, 9.17) is 0 Å². The maximum absolute atomic E-state index is 3.60. The van der Waals surface area contributed by atoms with Gasteiger partial charge in [0.15, 0.2) is 0 Å². The van der Waals surface area contributed by atoms with Gasteiger partial charge in [-0.2, -0.15) is 0 Å². The van der Waals surface area contributed by atoms with Crippen molar-refractivity contribution < 1.29 is 0 Å². The van der Waals surface area contributed by atoms with E-state index >= 15 is 0 Å². The zero-order chi connectivity index (χ0) is 12.8. The fourth-order valence-electron chi connectivity index (χ4n) is 2.61. The van der Waals surface area contributed by atoms with Crippen molar-refractivity contribution in [3.63, 3.8) is 0 Å². The molecule has 0 amide bonds. The van der Waals surface area contributed by atoms with E-state index < -0.39 is 0 Å². The molecule has 1 aliphatic carbocycles. The monoisotopic (exact) mass is 421 g/mol. The predicted octanol–water partition coefficient (Wildman–Crippen LogP) is 5.83. The van der Waals surface area contributed by atoms with Crippen LogP contribution in [0.15, 0.2) is 22.7 Å². The number of benzene rings is 1. The standard InChI is InChI=1S/C15H21BrIN/c16-14-9-8-13(10-15(14)17)18-11-12-6-4-2-1-3-5-7-12/h8-10,12,18H,1-7,11H2. The average Bonchev–Trinajstić information content (AvgIpc) is 2.32. The van der Waals surface area contributed by atoms with Crippen molar-refractivity contribution in [1.29, 1.82) is 0 Å². The molecule has 18 heavy (non-hydrogen) atoms. The second-order valence-electron chi connectivity index (χ2n) is 5.22. The third-order valence-corrected chi connectivity index (χ3v) is 6.06. The molecule has 1 nitrogen and oxygen atoms in total. The molecule has 0 spiro atoms. The zero-order valence-electron chi connectivity index (χ0n) is 10.7. The molecule has 0 aliphatic heterocycles. The Bertz CT molecular complexity index is 373. The van der Waals surface area contributed by atoms with Crippen molar-refractivity contribution in [2.75, 3.05) is 11.9 Å². The molecule has 1 saturated carbocycles. The first-order chi connectivity index (χ1) is 8.75. The maximum Gasteiger partial charge on any atom is 0.0351 e. The molecule has 1 aliphatic rings. The van der Waals surface area contributed by atoms with Crippen molar-refractivity contribution in [3.05, 3.63) is 26.2 Å². The minimum atomic E-state index is 0.867. The van der Waals surface area contributed by atoms with Crippen molar-refractivity contribution in [3.8, 4) is 0 Å². The fraction of sp³-hybridized carbons (Fsp3) is 0.600. The van der Waals surface area contributed by atoms with Crippen LogP contribution >= 0.6 is 38.5 Å². The Labute approximate surface area is 132 Å². The predicted molar refractivity (Wildman–Crippen MR) is 91.2 cm³/mol. The molecule has 0 aromatic heterocycles. The van der Waals surface area contributed by atoms with Crippen molar-refractivity contribution in [2.24, 2.45) is 5.92 Å². The summed E-state index contributed by atoms with van der Waals surface area (Å²) < 4.78 is 2.45. The Morgan fingerprint density at radius 3 is 2.44 bits per heavy atom. The van der Waals surface area contributed by atoms with Gasteiger partial charge in [-0.15, -0.1) is 0 Å². The molecule has 0 heterocycles. The molecule has 3 heteroatoms. The second-order valence-corrected chi connectivity index (χ2v) is 7.24. The highest BCUT2D eigenvalue weighted by atomic mass is 127. The molecule has 0 unspecified atom stereocenters. The summed E-state index contributed by atoms with van der Waals surface area (Å²) in [6.45, 7) is 1.14. The number of rotatable bonds is 3. The van der Waals surface area contributed by atoms with Crippen LogP contribution in [0.3, 0.4) is 0 Å². The number of anilines is 1. The van der Waals surface area contributed by atoms with Gasteiger partial charge in [0.05, 0.1) is 0 Å². The Morgan fingerprint density at radius 2 is 1.78 bits per heavy atom. The summed E-state index contributed by atoms with van der Waals surface area (Å²) >= 11 is 5.91. The zero-order valence-corrected chi connectivity index (χ0v) is 14.5.